The van der Waals surface area contributed by atoms with Gasteiger partial charge in [0.05, 0.1) is 6.61 Å². The summed E-state index contributed by atoms with van der Waals surface area (Å²) in [6.07, 6.45) is 0. The molecule has 0 aromatic carbocycles. The zero-order valence-electron chi connectivity index (χ0n) is 7.48. The number of aliphatic hydroxyl groups excluding tert-OH is 1. The Morgan fingerprint density at radius 1 is 1.27 bits per heavy atom. The molecule has 0 aliphatic carbocycles. The number of nitrogens with zero attached hydrogens (tertiary/aromatic N) is 4. The van der Waals surface area contributed by atoms with Crippen molar-refractivity contribution in [2.75, 3.05) is 12.3 Å². The smallest absolute Gasteiger partial charge is 0.223 e. The Morgan fingerprint density at radius 3 is 2.67 bits per heavy atom. The molecule has 6 nitrogen and oxygen atoms in total. The third-order valence-corrected chi connectivity index (χ3v) is 2.41. The second-order valence-electron chi connectivity index (χ2n) is 2.80. The van der Waals surface area contributed by atoms with Gasteiger partial charge in [-0.15, -0.1) is 0 Å². The van der Waals surface area contributed by atoms with Crippen molar-refractivity contribution in [2.45, 2.75) is 6.54 Å². The van der Waals surface area contributed by atoms with E-state index in [0.29, 0.717) is 11.2 Å². The molecule has 0 fully saturated rings. The minimum Gasteiger partial charge on any atom is -0.395 e. The molecule has 2 rings (SSSR count). The molecule has 15 heavy (non-hydrogen) atoms. The first-order chi connectivity index (χ1) is 7.13. The minimum atomic E-state index is -0.0775. The molecule has 0 atom stereocenters. The zero-order valence-corrected chi connectivity index (χ0v) is 9.00. The summed E-state index contributed by atoms with van der Waals surface area (Å²) in [4.78, 5) is 11.6. The van der Waals surface area contributed by atoms with Crippen LogP contribution in [0.3, 0.4) is 0 Å². The summed E-state index contributed by atoms with van der Waals surface area (Å²) in [5.74, 6) is 0.0396. The van der Waals surface area contributed by atoms with Crippen LogP contribution in [0.15, 0.2) is 0 Å². The Bertz CT molecular complexity index is 512. The summed E-state index contributed by atoms with van der Waals surface area (Å²) in [7, 11) is 0. The molecular weight excluding hydrogens is 241 g/mol. The molecular formula is C7H7Cl2N5O. The van der Waals surface area contributed by atoms with E-state index in [4.69, 9.17) is 34.0 Å². The predicted octanol–water partition coefficient (Wildman–Crippen LogP) is 0.708. The first kappa shape index (κ1) is 10.4. The molecule has 0 spiro atoms. The fourth-order valence-electron chi connectivity index (χ4n) is 1.29. The number of fused-ring (bicyclic) bond motifs is 1. The van der Waals surface area contributed by atoms with Gasteiger partial charge in [0.15, 0.2) is 10.8 Å². The van der Waals surface area contributed by atoms with Crippen LogP contribution in [0.4, 0.5) is 5.95 Å². The molecule has 0 radical (unpaired) electrons. The molecule has 0 amide bonds. The van der Waals surface area contributed by atoms with E-state index in [1.807, 2.05) is 0 Å². The average molecular weight is 248 g/mol. The molecule has 0 saturated carbocycles. The number of halogens is 2. The lowest BCUT2D eigenvalue weighted by Gasteiger charge is -2.03. The number of nitrogen functional groups attached to an aromatic ring is 1. The fourth-order valence-corrected chi connectivity index (χ4v) is 1.81. The Hall–Kier alpha value is -1.11. The zero-order chi connectivity index (χ0) is 11.0. The summed E-state index contributed by atoms with van der Waals surface area (Å²) in [6, 6.07) is 0. The van der Waals surface area contributed by atoms with Crippen LogP contribution in [0.5, 0.6) is 0 Å². The molecule has 2 aromatic rings. The lowest BCUT2D eigenvalue weighted by atomic mass is 10.5. The highest BCUT2D eigenvalue weighted by molar-refractivity contribution is 6.34. The number of rotatable bonds is 2. The van der Waals surface area contributed by atoms with Gasteiger partial charge in [0, 0.05) is 6.54 Å². The molecule has 0 bridgehead atoms. The molecule has 0 saturated heterocycles. The van der Waals surface area contributed by atoms with Crippen molar-refractivity contribution in [2.24, 2.45) is 0 Å². The number of hydrogen-bond acceptors (Lipinski definition) is 5. The quantitative estimate of drug-likeness (QED) is 0.603. The highest BCUT2D eigenvalue weighted by atomic mass is 35.5. The minimum absolute atomic E-state index is 0.0396. The Labute approximate surface area is 94.7 Å². The van der Waals surface area contributed by atoms with Crippen molar-refractivity contribution in [3.63, 3.8) is 0 Å². The summed E-state index contributed by atoms with van der Waals surface area (Å²) < 4.78 is 1.53. The lowest BCUT2D eigenvalue weighted by molar-refractivity contribution is 0.278. The standard InChI is InChI=1S/C7H7Cl2N5O/c8-4-3-5(13-7(10)11-4)12-6(9)14(3)1-2-15/h15H,1-2H2,(H2,10,11,13). The van der Waals surface area contributed by atoms with E-state index in [2.05, 4.69) is 15.0 Å². The number of imidazole rings is 1. The summed E-state index contributed by atoms with van der Waals surface area (Å²) >= 11 is 11.7. The molecule has 3 N–H and O–H groups in total. The van der Waals surface area contributed by atoms with Gasteiger partial charge in [0.1, 0.15) is 5.52 Å². The Kier molecular flexibility index (Phi) is 2.64. The lowest BCUT2D eigenvalue weighted by Crippen LogP contribution is -2.03. The third-order valence-electron chi connectivity index (χ3n) is 1.85. The van der Waals surface area contributed by atoms with Crippen LogP contribution in [0.1, 0.15) is 0 Å². The monoisotopic (exact) mass is 247 g/mol. The maximum absolute atomic E-state index is 8.85. The van der Waals surface area contributed by atoms with Crippen LogP contribution >= 0.6 is 23.2 Å². The predicted molar refractivity (Wildman–Crippen MR) is 56.8 cm³/mol. The summed E-state index contributed by atoms with van der Waals surface area (Å²) in [5, 5.41) is 9.22. The van der Waals surface area contributed by atoms with Crippen LogP contribution < -0.4 is 5.73 Å². The van der Waals surface area contributed by atoms with E-state index in [-0.39, 0.29) is 29.5 Å². The van der Waals surface area contributed by atoms with Crippen LogP contribution in [0, 0.1) is 0 Å². The molecule has 0 aliphatic rings. The number of hydrogen-bond donors (Lipinski definition) is 2. The summed E-state index contributed by atoms with van der Waals surface area (Å²) in [5.41, 5.74) is 6.21. The van der Waals surface area contributed by atoms with E-state index in [1.165, 1.54) is 4.57 Å². The highest BCUT2D eigenvalue weighted by Gasteiger charge is 2.14. The van der Waals surface area contributed by atoms with Crippen molar-refractivity contribution in [3.05, 3.63) is 10.4 Å². The van der Waals surface area contributed by atoms with Gasteiger partial charge in [-0.05, 0) is 11.6 Å². The van der Waals surface area contributed by atoms with E-state index in [0.717, 1.165) is 0 Å². The van der Waals surface area contributed by atoms with Crippen LogP contribution in [-0.2, 0) is 6.54 Å². The van der Waals surface area contributed by atoms with Crippen LogP contribution in [0.2, 0.25) is 10.4 Å². The topological polar surface area (TPSA) is 89.9 Å². The van der Waals surface area contributed by atoms with Crippen LogP contribution in [-0.4, -0.2) is 31.2 Å². The van der Waals surface area contributed by atoms with Gasteiger partial charge in [0.25, 0.3) is 0 Å². The number of aliphatic hydroxyl groups is 1. The van der Waals surface area contributed by atoms with Crippen molar-refractivity contribution < 1.29 is 5.11 Å². The van der Waals surface area contributed by atoms with Gasteiger partial charge >= 0.3 is 0 Å². The molecule has 2 aromatic heterocycles. The SMILES string of the molecule is Nc1nc(Cl)c2c(n1)nc(Cl)n2CCO. The fraction of sp³-hybridized carbons (Fsp3) is 0.286. The van der Waals surface area contributed by atoms with Gasteiger partial charge in [-0.1, -0.05) is 11.6 Å². The largest absolute Gasteiger partial charge is 0.395 e. The molecule has 80 valence electrons. The number of aromatic nitrogens is 4. The van der Waals surface area contributed by atoms with Gasteiger partial charge in [-0.2, -0.15) is 15.0 Å². The van der Waals surface area contributed by atoms with Gasteiger partial charge < -0.3 is 15.4 Å². The first-order valence-electron chi connectivity index (χ1n) is 4.09. The maximum atomic E-state index is 8.85. The van der Waals surface area contributed by atoms with E-state index >= 15 is 0 Å². The van der Waals surface area contributed by atoms with Gasteiger partial charge in [-0.3, -0.25) is 0 Å². The first-order valence-corrected chi connectivity index (χ1v) is 4.84. The van der Waals surface area contributed by atoms with Crippen molar-refractivity contribution in [3.8, 4) is 0 Å². The Balaban J connectivity index is 2.75. The number of nitrogens with two attached hydrogens (primary N) is 1. The third kappa shape index (κ3) is 1.71. The van der Waals surface area contributed by atoms with Crippen molar-refractivity contribution >= 4 is 40.3 Å². The molecule has 2 heterocycles. The second kappa shape index (κ2) is 3.80. The molecule has 0 aliphatic heterocycles. The normalized spacial score (nSPS) is 11.1. The molecule has 0 unspecified atom stereocenters. The Morgan fingerprint density at radius 2 is 2.00 bits per heavy atom. The molecule has 8 heteroatoms. The van der Waals surface area contributed by atoms with Crippen molar-refractivity contribution in [1.82, 2.24) is 19.5 Å². The average Bonchev–Trinajstić information content (AvgIpc) is 2.43. The second-order valence-corrected chi connectivity index (χ2v) is 3.50. The van der Waals surface area contributed by atoms with Gasteiger partial charge in [0.2, 0.25) is 11.2 Å². The maximum Gasteiger partial charge on any atom is 0.223 e. The van der Waals surface area contributed by atoms with Gasteiger partial charge in [-0.25, -0.2) is 0 Å². The summed E-state index contributed by atoms with van der Waals surface area (Å²) in [6.45, 7) is 0.203. The van der Waals surface area contributed by atoms with Crippen molar-refractivity contribution in [1.29, 1.82) is 0 Å². The van der Waals surface area contributed by atoms with E-state index < -0.39 is 0 Å². The highest BCUT2D eigenvalue weighted by Crippen LogP contribution is 2.24. The van der Waals surface area contributed by atoms with Crippen LogP contribution in [0.25, 0.3) is 11.2 Å². The number of anilines is 1. The van der Waals surface area contributed by atoms with E-state index in [1.54, 1.807) is 0 Å². The van der Waals surface area contributed by atoms with E-state index in [9.17, 15) is 0 Å².